The average Bonchev–Trinajstić information content (AvgIpc) is 2.77. The van der Waals surface area contributed by atoms with Gasteiger partial charge >= 0.3 is 0 Å². The lowest BCUT2D eigenvalue weighted by atomic mass is 10.2. The van der Waals surface area contributed by atoms with Gasteiger partial charge in [0, 0.05) is 25.0 Å². The van der Waals surface area contributed by atoms with Crippen molar-refractivity contribution in [3.63, 3.8) is 0 Å². The predicted octanol–water partition coefficient (Wildman–Crippen LogP) is 1.35. The fraction of sp³-hybridized carbons (Fsp3) is 0.308. The first kappa shape index (κ1) is 13.8. The SMILES string of the molecule is CC(N)c1cncn1Cc1ccc(S(C)(=O)=O)cc1. The molecular weight excluding hydrogens is 262 g/mol. The van der Waals surface area contributed by atoms with Crippen molar-refractivity contribution in [2.24, 2.45) is 5.73 Å². The van der Waals surface area contributed by atoms with E-state index in [4.69, 9.17) is 5.73 Å². The molecule has 6 heteroatoms. The van der Waals surface area contributed by atoms with Crippen molar-refractivity contribution < 1.29 is 8.42 Å². The lowest BCUT2D eigenvalue weighted by molar-refractivity contribution is 0.602. The lowest BCUT2D eigenvalue weighted by Gasteiger charge is -2.11. The molecule has 1 aromatic carbocycles. The summed E-state index contributed by atoms with van der Waals surface area (Å²) < 4.78 is 24.7. The molecule has 1 unspecified atom stereocenters. The Morgan fingerprint density at radius 1 is 1.32 bits per heavy atom. The van der Waals surface area contributed by atoms with Crippen LogP contribution in [-0.4, -0.2) is 24.2 Å². The van der Waals surface area contributed by atoms with Crippen LogP contribution in [0.4, 0.5) is 0 Å². The summed E-state index contributed by atoms with van der Waals surface area (Å²) in [6.45, 7) is 2.53. The Kier molecular flexibility index (Phi) is 3.73. The number of hydrogen-bond acceptors (Lipinski definition) is 4. The average molecular weight is 279 g/mol. The van der Waals surface area contributed by atoms with Crippen LogP contribution in [0.5, 0.6) is 0 Å². The van der Waals surface area contributed by atoms with Gasteiger partial charge in [0.05, 0.1) is 16.9 Å². The van der Waals surface area contributed by atoms with Crippen LogP contribution in [0.3, 0.4) is 0 Å². The summed E-state index contributed by atoms with van der Waals surface area (Å²) in [5.41, 5.74) is 7.81. The Labute approximate surface area is 113 Å². The molecule has 0 amide bonds. The maximum Gasteiger partial charge on any atom is 0.175 e. The highest BCUT2D eigenvalue weighted by Gasteiger charge is 2.09. The van der Waals surface area contributed by atoms with E-state index in [1.165, 1.54) is 6.26 Å². The van der Waals surface area contributed by atoms with Gasteiger partial charge in [-0.15, -0.1) is 0 Å². The van der Waals surface area contributed by atoms with E-state index in [0.29, 0.717) is 11.4 Å². The second-order valence-electron chi connectivity index (χ2n) is 4.65. The predicted molar refractivity (Wildman–Crippen MR) is 73.5 cm³/mol. The number of benzene rings is 1. The van der Waals surface area contributed by atoms with E-state index in [1.54, 1.807) is 36.8 Å². The largest absolute Gasteiger partial charge is 0.329 e. The lowest BCUT2D eigenvalue weighted by Crippen LogP contribution is -2.12. The van der Waals surface area contributed by atoms with Gasteiger partial charge in [0.25, 0.3) is 0 Å². The smallest absolute Gasteiger partial charge is 0.175 e. The van der Waals surface area contributed by atoms with Gasteiger partial charge in [0.15, 0.2) is 9.84 Å². The summed E-state index contributed by atoms with van der Waals surface area (Å²) in [5, 5.41) is 0. The molecule has 1 aromatic heterocycles. The zero-order valence-electron chi connectivity index (χ0n) is 10.9. The van der Waals surface area contributed by atoms with Crippen molar-refractivity contribution in [2.45, 2.75) is 24.4 Å². The maximum absolute atomic E-state index is 11.4. The fourth-order valence-corrected chi connectivity index (χ4v) is 2.51. The summed E-state index contributed by atoms with van der Waals surface area (Å²) in [7, 11) is -3.14. The fourth-order valence-electron chi connectivity index (χ4n) is 1.88. The van der Waals surface area contributed by atoms with E-state index < -0.39 is 9.84 Å². The molecule has 0 saturated heterocycles. The zero-order valence-corrected chi connectivity index (χ0v) is 11.8. The molecule has 19 heavy (non-hydrogen) atoms. The van der Waals surface area contributed by atoms with Crippen LogP contribution in [-0.2, 0) is 16.4 Å². The maximum atomic E-state index is 11.4. The first-order valence-corrected chi connectivity index (χ1v) is 7.81. The molecule has 0 aliphatic heterocycles. The van der Waals surface area contributed by atoms with Crippen molar-refractivity contribution in [1.82, 2.24) is 9.55 Å². The van der Waals surface area contributed by atoms with E-state index in [1.807, 2.05) is 11.5 Å². The van der Waals surface area contributed by atoms with Crippen LogP contribution in [0.1, 0.15) is 24.2 Å². The molecule has 2 rings (SSSR count). The Morgan fingerprint density at radius 2 is 1.95 bits per heavy atom. The van der Waals surface area contributed by atoms with Crippen molar-refractivity contribution in [3.05, 3.63) is 48.0 Å². The molecule has 2 aromatic rings. The van der Waals surface area contributed by atoms with Gasteiger partial charge in [0.1, 0.15) is 0 Å². The Morgan fingerprint density at radius 3 is 2.47 bits per heavy atom. The molecular formula is C13H17N3O2S. The minimum Gasteiger partial charge on any atom is -0.329 e. The van der Waals surface area contributed by atoms with E-state index in [0.717, 1.165) is 11.3 Å². The highest BCUT2D eigenvalue weighted by Crippen LogP contribution is 2.14. The second-order valence-corrected chi connectivity index (χ2v) is 6.67. The number of nitrogens with zero attached hydrogens (tertiary/aromatic N) is 2. The molecule has 0 fully saturated rings. The van der Waals surface area contributed by atoms with Crippen molar-refractivity contribution in [3.8, 4) is 0 Å². The quantitative estimate of drug-likeness (QED) is 0.916. The molecule has 102 valence electrons. The molecule has 1 atom stereocenters. The first-order valence-electron chi connectivity index (χ1n) is 5.92. The molecule has 0 saturated carbocycles. The summed E-state index contributed by atoms with van der Waals surface area (Å²) in [6.07, 6.45) is 4.67. The summed E-state index contributed by atoms with van der Waals surface area (Å²) in [5.74, 6) is 0. The molecule has 0 aliphatic carbocycles. The number of imidazole rings is 1. The Bertz CT molecular complexity index is 657. The number of aromatic nitrogens is 2. The standard InChI is InChI=1S/C13H17N3O2S/c1-10(14)13-7-15-9-16(13)8-11-3-5-12(6-4-11)19(2,17)18/h3-7,9-10H,8,14H2,1-2H3. The molecule has 0 bridgehead atoms. The van der Waals surface area contributed by atoms with Crippen LogP contribution < -0.4 is 5.73 Å². The molecule has 0 spiro atoms. The topological polar surface area (TPSA) is 78.0 Å². The number of sulfone groups is 1. The number of hydrogen-bond donors (Lipinski definition) is 1. The van der Waals surface area contributed by atoms with Gasteiger partial charge in [-0.3, -0.25) is 0 Å². The van der Waals surface area contributed by atoms with E-state index in [-0.39, 0.29) is 6.04 Å². The van der Waals surface area contributed by atoms with Crippen LogP contribution in [0.2, 0.25) is 0 Å². The first-order chi connectivity index (χ1) is 8.88. The van der Waals surface area contributed by atoms with E-state index in [9.17, 15) is 8.42 Å². The van der Waals surface area contributed by atoms with Gasteiger partial charge in [-0.1, -0.05) is 12.1 Å². The van der Waals surface area contributed by atoms with Crippen LogP contribution >= 0.6 is 0 Å². The minimum absolute atomic E-state index is 0.0854. The van der Waals surface area contributed by atoms with Gasteiger partial charge in [-0.25, -0.2) is 13.4 Å². The minimum atomic E-state index is -3.14. The molecule has 1 heterocycles. The Balaban J connectivity index is 2.23. The van der Waals surface area contributed by atoms with Crippen LogP contribution in [0.15, 0.2) is 41.7 Å². The second kappa shape index (κ2) is 5.14. The third-order valence-electron chi connectivity index (χ3n) is 2.92. The van der Waals surface area contributed by atoms with Gasteiger partial charge in [-0.2, -0.15) is 0 Å². The highest BCUT2D eigenvalue weighted by atomic mass is 32.2. The van der Waals surface area contributed by atoms with Crippen molar-refractivity contribution >= 4 is 9.84 Å². The summed E-state index contributed by atoms with van der Waals surface area (Å²) in [4.78, 5) is 4.41. The number of rotatable bonds is 4. The van der Waals surface area contributed by atoms with Crippen molar-refractivity contribution in [1.29, 1.82) is 0 Å². The third kappa shape index (κ3) is 3.21. The molecule has 0 aliphatic rings. The zero-order chi connectivity index (χ0) is 14.0. The van der Waals surface area contributed by atoms with Crippen molar-refractivity contribution in [2.75, 3.05) is 6.26 Å². The van der Waals surface area contributed by atoms with E-state index in [2.05, 4.69) is 4.98 Å². The van der Waals surface area contributed by atoms with Gasteiger partial charge in [0.2, 0.25) is 0 Å². The molecule has 0 radical (unpaired) electrons. The summed E-state index contributed by atoms with van der Waals surface area (Å²) in [6, 6.07) is 6.76. The van der Waals surface area contributed by atoms with Gasteiger partial charge in [-0.05, 0) is 24.6 Å². The monoisotopic (exact) mass is 279 g/mol. The molecule has 2 N–H and O–H groups in total. The van der Waals surface area contributed by atoms with Gasteiger partial charge < -0.3 is 10.3 Å². The number of nitrogens with two attached hydrogens (primary N) is 1. The third-order valence-corrected chi connectivity index (χ3v) is 4.04. The summed E-state index contributed by atoms with van der Waals surface area (Å²) >= 11 is 0. The normalized spacial score (nSPS) is 13.4. The highest BCUT2D eigenvalue weighted by molar-refractivity contribution is 7.90. The van der Waals surface area contributed by atoms with E-state index >= 15 is 0 Å². The molecule has 5 nitrogen and oxygen atoms in total. The Hall–Kier alpha value is -1.66. The van der Waals surface area contributed by atoms with Crippen LogP contribution in [0, 0.1) is 0 Å². The van der Waals surface area contributed by atoms with Crippen LogP contribution in [0.25, 0.3) is 0 Å².